The van der Waals surface area contributed by atoms with Gasteiger partial charge in [-0.3, -0.25) is 4.90 Å². The monoisotopic (exact) mass is 287 g/mol. The fraction of sp³-hybridized carbons (Fsp3) is 0.176. The molecular formula is C17H18ClNO. The Morgan fingerprint density at radius 1 is 0.950 bits per heavy atom. The quantitative estimate of drug-likeness (QED) is 0.927. The smallest absolute Gasteiger partial charge is 0.115 e. The first-order chi connectivity index (χ1) is 9.31. The van der Waals surface area contributed by atoms with Crippen LogP contribution < -0.4 is 0 Å². The first kappa shape index (κ1) is 14.6. The Morgan fingerprint density at radius 3 is 2.15 bits per heavy atom. The van der Waals surface area contributed by atoms with Crippen molar-refractivity contribution in [1.82, 2.24) is 4.90 Å². The van der Waals surface area contributed by atoms with E-state index in [1.54, 1.807) is 12.1 Å². The predicted molar refractivity (Wildman–Crippen MR) is 84.9 cm³/mol. The highest BCUT2D eigenvalue weighted by Gasteiger charge is 2.16. The number of rotatable bonds is 3. The summed E-state index contributed by atoms with van der Waals surface area (Å²) in [5, 5.41) is 9.22. The van der Waals surface area contributed by atoms with Crippen LogP contribution in [0.15, 0.2) is 54.6 Å². The van der Waals surface area contributed by atoms with Crippen molar-refractivity contribution in [1.29, 1.82) is 0 Å². The van der Waals surface area contributed by atoms with E-state index in [-0.39, 0.29) is 12.4 Å². The van der Waals surface area contributed by atoms with Crippen molar-refractivity contribution >= 4 is 18.5 Å². The Labute approximate surface area is 125 Å². The van der Waals surface area contributed by atoms with Crippen molar-refractivity contribution in [3.05, 3.63) is 71.3 Å². The molecule has 104 valence electrons. The van der Waals surface area contributed by atoms with Crippen LogP contribution in [0.25, 0.3) is 6.08 Å². The minimum Gasteiger partial charge on any atom is -0.508 e. The van der Waals surface area contributed by atoms with Gasteiger partial charge in [0.1, 0.15) is 5.75 Å². The second-order valence-corrected chi connectivity index (χ2v) is 4.93. The van der Waals surface area contributed by atoms with Gasteiger partial charge in [-0.1, -0.05) is 48.6 Å². The molecule has 0 aromatic heterocycles. The Morgan fingerprint density at radius 2 is 1.55 bits per heavy atom. The normalized spacial score (nSPS) is 14.2. The van der Waals surface area contributed by atoms with Crippen molar-refractivity contribution in [3.8, 4) is 5.75 Å². The van der Waals surface area contributed by atoms with Crippen LogP contribution in [-0.4, -0.2) is 16.6 Å². The lowest BCUT2D eigenvalue weighted by molar-refractivity contribution is 0.317. The first-order valence-electron chi connectivity index (χ1n) is 6.56. The van der Waals surface area contributed by atoms with Gasteiger partial charge in [-0.25, -0.2) is 0 Å². The summed E-state index contributed by atoms with van der Waals surface area (Å²) in [6, 6.07) is 15.9. The number of hydrogen-bond donors (Lipinski definition) is 1. The zero-order valence-electron chi connectivity index (χ0n) is 11.2. The molecule has 1 aliphatic heterocycles. The number of fused-ring (bicyclic) bond motifs is 1. The fourth-order valence-electron chi connectivity index (χ4n) is 2.46. The van der Waals surface area contributed by atoms with Gasteiger partial charge < -0.3 is 5.11 Å². The van der Waals surface area contributed by atoms with E-state index in [2.05, 4.69) is 41.3 Å². The average Bonchev–Trinajstić information content (AvgIpc) is 2.83. The Kier molecular flexibility index (Phi) is 4.83. The number of halogens is 1. The topological polar surface area (TPSA) is 23.5 Å². The highest BCUT2D eigenvalue weighted by Crippen LogP contribution is 2.21. The molecule has 0 saturated heterocycles. The molecule has 3 heteroatoms. The van der Waals surface area contributed by atoms with Crippen molar-refractivity contribution in [2.75, 3.05) is 6.54 Å². The van der Waals surface area contributed by atoms with Gasteiger partial charge in [0.15, 0.2) is 0 Å². The molecule has 3 rings (SSSR count). The Hall–Kier alpha value is -1.77. The van der Waals surface area contributed by atoms with Crippen molar-refractivity contribution in [3.63, 3.8) is 0 Å². The molecule has 0 saturated carbocycles. The molecule has 1 aliphatic rings. The molecule has 20 heavy (non-hydrogen) atoms. The number of aromatic hydroxyl groups is 1. The van der Waals surface area contributed by atoms with E-state index in [0.717, 1.165) is 25.2 Å². The molecule has 0 atom stereocenters. The minimum absolute atomic E-state index is 0. The van der Waals surface area contributed by atoms with Crippen LogP contribution in [0, 0.1) is 0 Å². The predicted octanol–water partition coefficient (Wildman–Crippen LogP) is 3.84. The van der Waals surface area contributed by atoms with E-state index in [1.165, 1.54) is 11.1 Å². The number of phenols is 1. The fourth-order valence-corrected chi connectivity index (χ4v) is 2.46. The van der Waals surface area contributed by atoms with E-state index in [4.69, 9.17) is 0 Å². The second kappa shape index (κ2) is 6.60. The van der Waals surface area contributed by atoms with Crippen molar-refractivity contribution in [2.24, 2.45) is 0 Å². The Balaban J connectivity index is 0.00000147. The SMILES string of the molecule is Cl.Oc1ccc(/C=C/CN2Cc3ccccc3C2)cc1. The lowest BCUT2D eigenvalue weighted by atomic mass is 10.1. The minimum atomic E-state index is 0. The number of benzene rings is 2. The molecule has 0 unspecified atom stereocenters. The summed E-state index contributed by atoms with van der Waals surface area (Å²) in [4.78, 5) is 2.42. The molecule has 2 aromatic rings. The molecule has 1 N–H and O–H groups in total. The van der Waals surface area contributed by atoms with Gasteiger partial charge in [-0.15, -0.1) is 12.4 Å². The van der Waals surface area contributed by atoms with Crippen molar-refractivity contribution < 1.29 is 5.11 Å². The van der Waals surface area contributed by atoms with Gasteiger partial charge in [-0.05, 0) is 28.8 Å². The summed E-state index contributed by atoms with van der Waals surface area (Å²) in [6.07, 6.45) is 4.28. The lowest BCUT2D eigenvalue weighted by Crippen LogP contribution is -2.15. The zero-order chi connectivity index (χ0) is 13.1. The zero-order valence-corrected chi connectivity index (χ0v) is 12.0. The standard InChI is InChI=1S/C17H17NO.ClH/c19-17-9-7-14(8-10-17)4-3-11-18-12-15-5-1-2-6-16(15)13-18;/h1-10,19H,11-13H2;1H/b4-3+;. The summed E-state index contributed by atoms with van der Waals surface area (Å²) in [5.41, 5.74) is 4.01. The maximum atomic E-state index is 9.22. The van der Waals surface area contributed by atoms with E-state index in [1.807, 2.05) is 12.1 Å². The van der Waals surface area contributed by atoms with Gasteiger partial charge in [0.25, 0.3) is 0 Å². The van der Waals surface area contributed by atoms with Gasteiger partial charge in [0, 0.05) is 19.6 Å². The van der Waals surface area contributed by atoms with E-state index in [9.17, 15) is 5.11 Å². The lowest BCUT2D eigenvalue weighted by Gasteiger charge is -2.11. The summed E-state index contributed by atoms with van der Waals surface area (Å²) in [6.45, 7) is 3.03. The highest BCUT2D eigenvalue weighted by atomic mass is 35.5. The van der Waals surface area contributed by atoms with Crippen LogP contribution in [0.2, 0.25) is 0 Å². The average molecular weight is 288 g/mol. The molecule has 2 nitrogen and oxygen atoms in total. The molecule has 0 fully saturated rings. The van der Waals surface area contributed by atoms with Crippen LogP contribution in [0.5, 0.6) is 5.75 Å². The van der Waals surface area contributed by atoms with Gasteiger partial charge in [0.2, 0.25) is 0 Å². The molecule has 0 spiro atoms. The third kappa shape index (κ3) is 3.41. The first-order valence-corrected chi connectivity index (χ1v) is 6.56. The summed E-state index contributed by atoms with van der Waals surface area (Å²) >= 11 is 0. The molecule has 0 bridgehead atoms. The van der Waals surface area contributed by atoms with E-state index >= 15 is 0 Å². The third-order valence-electron chi connectivity index (χ3n) is 3.47. The number of nitrogens with zero attached hydrogens (tertiary/aromatic N) is 1. The van der Waals surface area contributed by atoms with Crippen LogP contribution in [0.1, 0.15) is 16.7 Å². The third-order valence-corrected chi connectivity index (χ3v) is 3.47. The van der Waals surface area contributed by atoms with Crippen molar-refractivity contribution in [2.45, 2.75) is 13.1 Å². The van der Waals surface area contributed by atoms with Crippen LogP contribution in [0.3, 0.4) is 0 Å². The molecular weight excluding hydrogens is 270 g/mol. The van der Waals surface area contributed by atoms with Crippen LogP contribution >= 0.6 is 12.4 Å². The summed E-state index contributed by atoms with van der Waals surface area (Å²) < 4.78 is 0. The van der Waals surface area contributed by atoms with E-state index < -0.39 is 0 Å². The molecule has 0 aliphatic carbocycles. The Bertz CT molecular complexity index is 567. The number of hydrogen-bond acceptors (Lipinski definition) is 2. The molecule has 1 heterocycles. The molecule has 2 aromatic carbocycles. The van der Waals surface area contributed by atoms with Gasteiger partial charge >= 0.3 is 0 Å². The molecule has 0 radical (unpaired) electrons. The largest absolute Gasteiger partial charge is 0.508 e. The van der Waals surface area contributed by atoms with Crippen LogP contribution in [-0.2, 0) is 13.1 Å². The van der Waals surface area contributed by atoms with E-state index in [0.29, 0.717) is 5.75 Å². The summed E-state index contributed by atoms with van der Waals surface area (Å²) in [5.74, 6) is 0.312. The maximum Gasteiger partial charge on any atom is 0.115 e. The second-order valence-electron chi connectivity index (χ2n) is 4.93. The van der Waals surface area contributed by atoms with Gasteiger partial charge in [-0.2, -0.15) is 0 Å². The van der Waals surface area contributed by atoms with Gasteiger partial charge in [0.05, 0.1) is 0 Å². The molecule has 0 amide bonds. The maximum absolute atomic E-state index is 9.22. The summed E-state index contributed by atoms with van der Waals surface area (Å²) in [7, 11) is 0. The van der Waals surface area contributed by atoms with Crippen LogP contribution in [0.4, 0.5) is 0 Å². The highest BCUT2D eigenvalue weighted by molar-refractivity contribution is 5.85. The number of phenolic OH excluding ortho intramolecular Hbond substituents is 1.